The Morgan fingerprint density at radius 3 is 0.500 bits per heavy atom. The van der Waals surface area contributed by atoms with Crippen molar-refractivity contribution in [1.82, 2.24) is 0 Å². The van der Waals surface area contributed by atoms with Crippen molar-refractivity contribution in [2.45, 2.75) is 55.4 Å². The number of carboxylic acids is 4. The third-order valence-electron chi connectivity index (χ3n) is 4.37. The molecule has 0 aliphatic rings. The molecule has 0 bridgehead atoms. The Hall–Kier alpha value is -0.513. The first-order valence-electron chi connectivity index (χ1n) is 13.8. The van der Waals surface area contributed by atoms with Gasteiger partial charge in [0, 0.05) is 23.9 Å². The first-order valence-corrected chi connectivity index (χ1v) is 17.2. The molecule has 0 aliphatic carbocycles. The molecular weight excluding hydrogens is 1300 g/mol. The Labute approximate surface area is 397 Å². The molecule has 0 spiro atoms. The van der Waals surface area contributed by atoms with E-state index in [0.29, 0.717) is 0 Å². The van der Waals surface area contributed by atoms with E-state index in [0.717, 1.165) is 27.7 Å². The number of aryl methyl sites for hydroxylation is 4. The third kappa shape index (κ3) is 61.5. The summed E-state index contributed by atoms with van der Waals surface area (Å²) in [6.45, 7) is 12.2. The van der Waals surface area contributed by atoms with Gasteiger partial charge in [-0.05, 0) is 27.7 Å². The number of carbonyl (C=O) groups excluding carboxylic acids is 4. The fourth-order valence-electron chi connectivity index (χ4n) is 2.23. The smallest absolute Gasteiger partial charge is 2.00 e. The van der Waals surface area contributed by atoms with Gasteiger partial charge < -0.3 is 39.6 Å². The van der Waals surface area contributed by atoms with Crippen LogP contribution in [-0.4, -0.2) is 87.9 Å². The van der Waals surface area contributed by atoms with Crippen molar-refractivity contribution in [2.24, 2.45) is 0 Å². The predicted octanol–water partition coefficient (Wildman–Crippen LogP) is -1.83. The summed E-state index contributed by atoms with van der Waals surface area (Å²) in [5.74, 6) is -4.33. The predicted molar refractivity (Wildman–Crippen MR) is 189 cm³/mol. The zero-order chi connectivity index (χ0) is 38.2. The van der Waals surface area contributed by atoms with E-state index in [1.54, 1.807) is 0 Å². The Balaban J connectivity index is -0.0000000717. The first-order chi connectivity index (χ1) is 22.1. The Morgan fingerprint density at radius 2 is 0.442 bits per heavy atom. The molecule has 0 radical (unpaired) electrons. The van der Waals surface area contributed by atoms with E-state index in [1.165, 1.54) is 40.1 Å². The molecular formula is C36H40O8Pd4Se4. The number of carboxylic acid groups (broad SMARTS) is 4. The number of aliphatic carboxylic acids is 4. The SMILES string of the molecule is CC(=O)[O-].CC(=O)[O-].CC(=O)[O-].CC(=O)[O-].Cc1ccccc1[Se-].Cc1ccccc1[Se-].Cc1ccccc1[Se-].Cc1ccccc1[Se-].[Pd+2].[Pd+2].[Pd+2].[Pd+2]. The summed E-state index contributed by atoms with van der Waals surface area (Å²) in [6, 6.07) is 32.9. The number of rotatable bonds is 0. The quantitative estimate of drug-likeness (QED) is 0.186. The minimum absolute atomic E-state index is 0. The summed E-state index contributed by atoms with van der Waals surface area (Å²) < 4.78 is 4.97. The molecule has 0 atom stereocenters. The van der Waals surface area contributed by atoms with E-state index in [4.69, 9.17) is 39.6 Å². The molecule has 4 aromatic carbocycles. The van der Waals surface area contributed by atoms with E-state index in [1.807, 2.05) is 48.5 Å². The van der Waals surface area contributed by atoms with Crippen molar-refractivity contribution in [3.63, 3.8) is 0 Å². The van der Waals surface area contributed by atoms with Crippen LogP contribution in [0.25, 0.3) is 0 Å². The summed E-state index contributed by atoms with van der Waals surface area (Å²) in [5.41, 5.74) is 5.25. The first kappa shape index (κ1) is 69.4. The normalized spacial score (nSPS) is 7.54. The van der Waals surface area contributed by atoms with E-state index in [9.17, 15) is 0 Å². The molecule has 0 saturated carbocycles. The molecule has 16 heteroatoms. The van der Waals surface area contributed by atoms with Crippen LogP contribution < -0.4 is 38.3 Å². The largest absolute Gasteiger partial charge is 2.00 e. The molecule has 0 fully saturated rings. The van der Waals surface area contributed by atoms with E-state index < -0.39 is 23.9 Å². The van der Waals surface area contributed by atoms with Crippen LogP contribution in [0.1, 0.15) is 49.9 Å². The second kappa shape index (κ2) is 46.6. The average molecular weight is 1340 g/mol. The summed E-state index contributed by atoms with van der Waals surface area (Å²) in [5, 5.41) is 35.6. The molecule has 0 N–H and O–H groups in total. The topological polar surface area (TPSA) is 161 Å². The van der Waals surface area contributed by atoms with Gasteiger partial charge in [0.25, 0.3) is 0 Å². The second-order valence-corrected chi connectivity index (χ2v) is 12.7. The molecule has 0 aliphatic heterocycles. The minimum Gasteiger partial charge on any atom is 2.00 e. The van der Waals surface area contributed by atoms with Gasteiger partial charge in [-0.25, -0.2) is 0 Å². The molecule has 0 aromatic heterocycles. The summed E-state index contributed by atoms with van der Waals surface area (Å²) >= 11 is 11.9. The maximum absolute atomic E-state index is 8.89. The zero-order valence-corrected chi connectivity index (χ0v) is 42.5. The van der Waals surface area contributed by atoms with Gasteiger partial charge in [-0.1, -0.05) is 0 Å². The van der Waals surface area contributed by atoms with Crippen LogP contribution in [0.2, 0.25) is 0 Å². The zero-order valence-electron chi connectivity index (χ0n) is 29.4. The fraction of sp³-hybridized carbons (Fsp3) is 0.222. The van der Waals surface area contributed by atoms with E-state index >= 15 is 0 Å². The fourth-order valence-corrected chi connectivity index (χ4v) is 3.46. The van der Waals surface area contributed by atoms with E-state index in [2.05, 4.69) is 140 Å². The standard InChI is InChI=1S/4C7H8Se.4C2H4O2.4Pd/c4*1-6-4-2-3-5-7(6)8;4*1-2(3)4;;;;/h4*2-5,8H,1H3;4*1H3,(H,3,4);;;;/q;;;;;;;;4*+2/p-8. The minimum atomic E-state index is -1.08. The third-order valence-corrected chi connectivity index (χ3v) is 8.22. The van der Waals surface area contributed by atoms with Gasteiger partial charge in [0.2, 0.25) is 0 Å². The van der Waals surface area contributed by atoms with E-state index in [-0.39, 0.29) is 81.7 Å². The van der Waals surface area contributed by atoms with Crippen LogP contribution >= 0.6 is 0 Å². The molecule has 0 amide bonds. The monoisotopic (exact) mass is 1340 g/mol. The van der Waals surface area contributed by atoms with Crippen molar-refractivity contribution in [3.8, 4) is 0 Å². The van der Waals surface area contributed by atoms with Gasteiger partial charge >= 0.3 is 311 Å². The number of carbonyl (C=O) groups is 4. The Morgan fingerprint density at radius 1 is 0.346 bits per heavy atom. The second-order valence-electron chi connectivity index (χ2n) is 9.03. The average Bonchev–Trinajstić information content (AvgIpc) is 2.95. The van der Waals surface area contributed by atoms with Crippen LogP contribution in [0, 0.1) is 27.7 Å². The Bertz CT molecular complexity index is 1180. The van der Waals surface area contributed by atoms with Crippen molar-refractivity contribution in [3.05, 3.63) is 119 Å². The molecule has 0 saturated heterocycles. The Kier molecular flexibility index (Phi) is 62.2. The van der Waals surface area contributed by atoms with Crippen molar-refractivity contribution in [1.29, 1.82) is 0 Å². The molecule has 4 rings (SSSR count). The number of hydrogen-bond donors (Lipinski definition) is 0. The van der Waals surface area contributed by atoms with Gasteiger partial charge in [0.15, 0.2) is 0 Å². The summed E-state index contributed by atoms with van der Waals surface area (Å²) in [4.78, 5) is 35.6. The molecule has 8 nitrogen and oxygen atoms in total. The van der Waals surface area contributed by atoms with Gasteiger partial charge in [0.1, 0.15) is 0 Å². The number of benzene rings is 4. The van der Waals surface area contributed by atoms with Crippen molar-refractivity contribution < 1.29 is 121 Å². The van der Waals surface area contributed by atoms with Crippen molar-refractivity contribution in [2.75, 3.05) is 0 Å². The maximum Gasteiger partial charge on any atom is 2.00 e. The molecule has 296 valence electrons. The van der Waals surface area contributed by atoms with Crippen molar-refractivity contribution >= 4 is 106 Å². The molecule has 52 heavy (non-hydrogen) atoms. The van der Waals surface area contributed by atoms with Crippen LogP contribution in [-0.2, 0) is 101 Å². The van der Waals surface area contributed by atoms with Gasteiger partial charge in [-0.2, -0.15) is 0 Å². The van der Waals surface area contributed by atoms with Crippen LogP contribution in [0.15, 0.2) is 97.1 Å². The van der Waals surface area contributed by atoms with Gasteiger partial charge in [-0.15, -0.1) is 0 Å². The number of hydrogen-bond acceptors (Lipinski definition) is 8. The molecule has 0 heterocycles. The summed E-state index contributed by atoms with van der Waals surface area (Å²) in [6.07, 6.45) is 0. The van der Waals surface area contributed by atoms with Crippen LogP contribution in [0.3, 0.4) is 0 Å². The van der Waals surface area contributed by atoms with Gasteiger partial charge in [-0.3, -0.25) is 0 Å². The summed E-state index contributed by atoms with van der Waals surface area (Å²) in [7, 11) is 0. The maximum atomic E-state index is 8.89. The molecule has 0 unspecified atom stereocenters. The van der Waals surface area contributed by atoms with Crippen LogP contribution in [0.4, 0.5) is 0 Å². The molecule has 4 aromatic rings. The van der Waals surface area contributed by atoms with Crippen LogP contribution in [0.5, 0.6) is 0 Å². The van der Waals surface area contributed by atoms with Gasteiger partial charge in [0.05, 0.1) is 0 Å².